The largest absolute Gasteiger partial charge is 0.359 e. The summed E-state index contributed by atoms with van der Waals surface area (Å²) in [5, 5.41) is 5.17. The normalized spacial score (nSPS) is 20.6. The number of carbonyl (C=O) groups is 3. The van der Waals surface area contributed by atoms with Crippen molar-refractivity contribution in [1.82, 2.24) is 15.5 Å². The van der Waals surface area contributed by atoms with Crippen molar-refractivity contribution in [2.75, 3.05) is 27.2 Å². The van der Waals surface area contributed by atoms with Crippen LogP contribution in [0.5, 0.6) is 0 Å². The molecule has 0 spiro atoms. The Hall–Kier alpha value is -1.59. The Morgan fingerprint density at radius 3 is 2.71 bits per heavy atom. The van der Waals surface area contributed by atoms with Crippen LogP contribution in [0.2, 0.25) is 0 Å². The molecule has 6 nitrogen and oxygen atoms in total. The van der Waals surface area contributed by atoms with Gasteiger partial charge in [-0.3, -0.25) is 14.4 Å². The molecule has 0 aliphatic carbocycles. The molecule has 1 saturated heterocycles. The summed E-state index contributed by atoms with van der Waals surface area (Å²) in [6.07, 6.45) is 0.248. The van der Waals surface area contributed by atoms with Gasteiger partial charge in [0.1, 0.15) is 0 Å². The molecule has 17 heavy (non-hydrogen) atoms. The second kappa shape index (κ2) is 5.65. The molecule has 2 N–H and O–H groups in total. The lowest BCUT2D eigenvalue weighted by Crippen LogP contribution is -2.40. The molecular formula is C11H19N3O3. The molecule has 1 fully saturated rings. The summed E-state index contributed by atoms with van der Waals surface area (Å²) in [7, 11) is 3.23. The van der Waals surface area contributed by atoms with E-state index in [2.05, 4.69) is 10.6 Å². The lowest BCUT2D eigenvalue weighted by atomic mass is 10.1. The molecule has 96 valence electrons. The van der Waals surface area contributed by atoms with Gasteiger partial charge in [-0.15, -0.1) is 0 Å². The van der Waals surface area contributed by atoms with E-state index in [-0.39, 0.29) is 36.0 Å². The predicted molar refractivity (Wildman–Crippen MR) is 62.0 cm³/mol. The van der Waals surface area contributed by atoms with Gasteiger partial charge in [0, 0.05) is 33.6 Å². The smallest absolute Gasteiger partial charge is 0.227 e. The zero-order chi connectivity index (χ0) is 13.0. The number of nitrogens with one attached hydrogen (secondary N) is 2. The van der Waals surface area contributed by atoms with Crippen molar-refractivity contribution < 1.29 is 14.4 Å². The van der Waals surface area contributed by atoms with E-state index in [9.17, 15) is 14.4 Å². The zero-order valence-electron chi connectivity index (χ0n) is 10.4. The first-order valence-electron chi connectivity index (χ1n) is 5.69. The Morgan fingerprint density at radius 1 is 1.59 bits per heavy atom. The van der Waals surface area contributed by atoms with E-state index >= 15 is 0 Å². The summed E-state index contributed by atoms with van der Waals surface area (Å²) in [6.45, 7) is 2.53. The molecule has 6 heteroatoms. The van der Waals surface area contributed by atoms with Crippen LogP contribution < -0.4 is 10.6 Å². The number of hydrogen-bond donors (Lipinski definition) is 2. The zero-order valence-corrected chi connectivity index (χ0v) is 10.4. The molecule has 0 aromatic carbocycles. The molecule has 1 aliphatic heterocycles. The number of rotatable bonds is 4. The van der Waals surface area contributed by atoms with Crippen molar-refractivity contribution in [3.63, 3.8) is 0 Å². The van der Waals surface area contributed by atoms with Crippen LogP contribution >= 0.6 is 0 Å². The Morgan fingerprint density at radius 2 is 2.24 bits per heavy atom. The summed E-state index contributed by atoms with van der Waals surface area (Å²) < 4.78 is 0. The molecule has 0 bridgehead atoms. The van der Waals surface area contributed by atoms with Gasteiger partial charge in [-0.05, 0) is 0 Å². The van der Waals surface area contributed by atoms with Crippen LogP contribution in [0.25, 0.3) is 0 Å². The maximum Gasteiger partial charge on any atom is 0.227 e. The van der Waals surface area contributed by atoms with E-state index in [1.807, 2.05) is 0 Å². The van der Waals surface area contributed by atoms with E-state index in [0.29, 0.717) is 13.1 Å². The Kier molecular flexibility index (Phi) is 4.48. The first kappa shape index (κ1) is 13.5. The second-order valence-corrected chi connectivity index (χ2v) is 4.44. The van der Waals surface area contributed by atoms with Crippen LogP contribution in [0.3, 0.4) is 0 Å². The van der Waals surface area contributed by atoms with Gasteiger partial charge in [0.2, 0.25) is 17.7 Å². The molecule has 2 unspecified atom stereocenters. The molecule has 0 aromatic rings. The third-order valence-electron chi connectivity index (χ3n) is 2.94. The van der Waals surface area contributed by atoms with Crippen LogP contribution in [0.1, 0.15) is 13.3 Å². The Balaban J connectivity index is 2.47. The fourth-order valence-corrected chi connectivity index (χ4v) is 1.92. The van der Waals surface area contributed by atoms with Crippen LogP contribution in [0.15, 0.2) is 0 Å². The molecule has 0 saturated carbocycles. The minimum atomic E-state index is -0.288. The number of hydrogen-bond acceptors (Lipinski definition) is 3. The number of amides is 3. The van der Waals surface area contributed by atoms with Crippen LogP contribution in [-0.4, -0.2) is 49.8 Å². The molecule has 0 radical (unpaired) electrons. The average Bonchev–Trinajstić information content (AvgIpc) is 2.73. The second-order valence-electron chi connectivity index (χ2n) is 4.44. The van der Waals surface area contributed by atoms with E-state index in [4.69, 9.17) is 0 Å². The van der Waals surface area contributed by atoms with Gasteiger partial charge in [-0.25, -0.2) is 0 Å². The topological polar surface area (TPSA) is 78.5 Å². The lowest BCUT2D eigenvalue weighted by molar-refractivity contribution is -0.136. The van der Waals surface area contributed by atoms with Crippen molar-refractivity contribution in [3.05, 3.63) is 0 Å². The highest BCUT2D eigenvalue weighted by Crippen LogP contribution is 2.12. The van der Waals surface area contributed by atoms with Crippen molar-refractivity contribution >= 4 is 17.7 Å². The van der Waals surface area contributed by atoms with Crippen molar-refractivity contribution in [2.24, 2.45) is 11.8 Å². The van der Waals surface area contributed by atoms with E-state index in [1.54, 1.807) is 21.0 Å². The van der Waals surface area contributed by atoms with Gasteiger partial charge in [-0.2, -0.15) is 0 Å². The van der Waals surface area contributed by atoms with Gasteiger partial charge >= 0.3 is 0 Å². The Bertz CT molecular complexity index is 330. The van der Waals surface area contributed by atoms with Crippen LogP contribution in [-0.2, 0) is 14.4 Å². The first-order valence-corrected chi connectivity index (χ1v) is 5.69. The molecule has 0 aromatic heterocycles. The van der Waals surface area contributed by atoms with Crippen molar-refractivity contribution in [1.29, 1.82) is 0 Å². The predicted octanol–water partition coefficient (Wildman–Crippen LogP) is -1.04. The quantitative estimate of drug-likeness (QED) is 0.660. The molecular weight excluding hydrogens is 222 g/mol. The number of nitrogens with zero attached hydrogens (tertiary/aromatic N) is 1. The Labute approximate surface area is 101 Å². The van der Waals surface area contributed by atoms with Crippen molar-refractivity contribution in [3.8, 4) is 0 Å². The van der Waals surface area contributed by atoms with E-state index < -0.39 is 0 Å². The monoisotopic (exact) mass is 241 g/mol. The minimum Gasteiger partial charge on any atom is -0.359 e. The lowest BCUT2D eigenvalue weighted by Gasteiger charge is -2.23. The summed E-state index contributed by atoms with van der Waals surface area (Å²) >= 11 is 0. The highest BCUT2D eigenvalue weighted by atomic mass is 16.2. The summed E-state index contributed by atoms with van der Waals surface area (Å²) in [6, 6.07) is 0. The standard InChI is InChI=1S/C11H19N3O3/c1-7(10(16)12-2)6-14(3)11(17)8-4-9(15)13-5-8/h7-8H,4-6H2,1-3H3,(H,12,16)(H,13,15). The van der Waals surface area contributed by atoms with Gasteiger partial charge in [0.15, 0.2) is 0 Å². The minimum absolute atomic E-state index is 0.0842. The van der Waals surface area contributed by atoms with Gasteiger partial charge in [0.25, 0.3) is 0 Å². The third-order valence-corrected chi connectivity index (χ3v) is 2.94. The molecule has 1 heterocycles. The van der Waals surface area contributed by atoms with Gasteiger partial charge < -0.3 is 15.5 Å². The summed E-state index contributed by atoms with van der Waals surface area (Å²) in [5.74, 6) is -0.802. The molecule has 1 rings (SSSR count). The summed E-state index contributed by atoms with van der Waals surface area (Å²) in [5.41, 5.74) is 0. The molecule has 2 atom stereocenters. The molecule has 3 amide bonds. The maximum absolute atomic E-state index is 11.9. The highest BCUT2D eigenvalue weighted by Gasteiger charge is 2.30. The fraction of sp³-hybridized carbons (Fsp3) is 0.727. The van der Waals surface area contributed by atoms with Crippen LogP contribution in [0, 0.1) is 11.8 Å². The third kappa shape index (κ3) is 3.44. The van der Waals surface area contributed by atoms with Crippen molar-refractivity contribution in [2.45, 2.75) is 13.3 Å². The fourth-order valence-electron chi connectivity index (χ4n) is 1.92. The molecule has 1 aliphatic rings. The van der Waals surface area contributed by atoms with Gasteiger partial charge in [0.05, 0.1) is 11.8 Å². The van der Waals surface area contributed by atoms with Gasteiger partial charge in [-0.1, -0.05) is 6.92 Å². The SMILES string of the molecule is CNC(=O)C(C)CN(C)C(=O)C1CNC(=O)C1. The van der Waals surface area contributed by atoms with Crippen LogP contribution in [0.4, 0.5) is 0 Å². The first-order chi connectivity index (χ1) is 7.95. The van der Waals surface area contributed by atoms with E-state index in [0.717, 1.165) is 0 Å². The maximum atomic E-state index is 11.9. The number of carbonyl (C=O) groups excluding carboxylic acids is 3. The summed E-state index contributed by atoms with van der Waals surface area (Å²) in [4.78, 5) is 35.8. The highest BCUT2D eigenvalue weighted by molar-refractivity contribution is 5.89. The average molecular weight is 241 g/mol. The van der Waals surface area contributed by atoms with E-state index in [1.165, 1.54) is 4.90 Å².